The summed E-state index contributed by atoms with van der Waals surface area (Å²) in [4.78, 5) is 0. The van der Waals surface area contributed by atoms with Crippen molar-refractivity contribution < 1.29 is 14.2 Å². The third kappa shape index (κ3) is 3.08. The van der Waals surface area contributed by atoms with Crippen LogP contribution in [-0.2, 0) is 6.61 Å². The maximum atomic E-state index is 13.6. The second-order valence-electron chi connectivity index (χ2n) is 4.13. The van der Waals surface area contributed by atoms with Gasteiger partial charge in [-0.1, -0.05) is 30.3 Å². The molecule has 2 aromatic carbocycles. The molecule has 0 bridgehead atoms. The van der Waals surface area contributed by atoms with Crippen LogP contribution in [0.5, 0.6) is 5.75 Å². The summed E-state index contributed by atoms with van der Waals surface area (Å²) in [5.41, 5.74) is 1.31. The van der Waals surface area contributed by atoms with E-state index in [4.69, 9.17) is 4.74 Å². The van der Waals surface area contributed by atoms with Crippen molar-refractivity contribution in [1.82, 2.24) is 0 Å². The molecule has 3 heteroatoms. The third-order valence-corrected chi connectivity index (χ3v) is 2.67. The smallest absolute Gasteiger partial charge is 0.132 e. The van der Waals surface area contributed by atoms with Crippen LogP contribution in [0.1, 0.15) is 24.2 Å². The lowest BCUT2D eigenvalue weighted by Crippen LogP contribution is -1.99. The van der Waals surface area contributed by atoms with Gasteiger partial charge in [-0.25, -0.2) is 4.39 Å². The first kappa shape index (κ1) is 12.6. The van der Waals surface area contributed by atoms with E-state index in [1.807, 2.05) is 30.3 Å². The highest BCUT2D eigenvalue weighted by atomic mass is 19.1. The van der Waals surface area contributed by atoms with Gasteiger partial charge in [-0.2, -0.15) is 0 Å². The van der Waals surface area contributed by atoms with Gasteiger partial charge in [0.2, 0.25) is 0 Å². The van der Waals surface area contributed by atoms with Crippen molar-refractivity contribution in [2.24, 2.45) is 0 Å². The quantitative estimate of drug-likeness (QED) is 0.895. The first-order valence-corrected chi connectivity index (χ1v) is 5.81. The molecule has 0 aliphatic rings. The number of ether oxygens (including phenoxy) is 1. The number of benzene rings is 2. The molecule has 2 rings (SSSR count). The maximum Gasteiger partial charge on any atom is 0.132 e. The summed E-state index contributed by atoms with van der Waals surface area (Å²) in [5, 5.41) is 9.32. The minimum atomic E-state index is -0.812. The number of hydrogen-bond donors (Lipinski definition) is 1. The molecular weight excluding hydrogens is 231 g/mol. The van der Waals surface area contributed by atoms with Gasteiger partial charge >= 0.3 is 0 Å². The normalized spacial score (nSPS) is 12.2. The lowest BCUT2D eigenvalue weighted by molar-refractivity contribution is 0.194. The minimum absolute atomic E-state index is 0.280. The number of halogens is 1. The van der Waals surface area contributed by atoms with Gasteiger partial charge < -0.3 is 9.84 Å². The van der Waals surface area contributed by atoms with Gasteiger partial charge in [0, 0.05) is 11.6 Å². The Morgan fingerprint density at radius 2 is 1.89 bits per heavy atom. The fraction of sp³-hybridized carbons (Fsp3) is 0.200. The Bertz CT molecular complexity index is 509. The van der Waals surface area contributed by atoms with Crippen LogP contribution in [0.2, 0.25) is 0 Å². The van der Waals surface area contributed by atoms with Crippen LogP contribution in [0.3, 0.4) is 0 Å². The van der Waals surface area contributed by atoms with Gasteiger partial charge in [0.25, 0.3) is 0 Å². The van der Waals surface area contributed by atoms with Gasteiger partial charge in [0.05, 0.1) is 6.10 Å². The van der Waals surface area contributed by atoms with E-state index in [2.05, 4.69) is 0 Å². The second-order valence-corrected chi connectivity index (χ2v) is 4.13. The zero-order chi connectivity index (χ0) is 13.0. The molecule has 0 heterocycles. The molecule has 1 N–H and O–H groups in total. The molecule has 0 aliphatic heterocycles. The Balaban J connectivity index is 2.05. The molecule has 1 atom stereocenters. The molecule has 0 aliphatic carbocycles. The molecule has 0 saturated heterocycles. The van der Waals surface area contributed by atoms with Crippen LogP contribution in [-0.4, -0.2) is 5.11 Å². The predicted octanol–water partition coefficient (Wildman–Crippen LogP) is 3.46. The van der Waals surface area contributed by atoms with Crippen LogP contribution in [0.25, 0.3) is 0 Å². The number of hydrogen-bond acceptors (Lipinski definition) is 2. The lowest BCUT2D eigenvalue weighted by Gasteiger charge is -2.10. The van der Waals surface area contributed by atoms with Crippen LogP contribution in [0, 0.1) is 5.82 Å². The summed E-state index contributed by atoms with van der Waals surface area (Å²) in [6, 6.07) is 14.2. The number of aliphatic hydroxyl groups is 1. The molecule has 2 nitrogen and oxygen atoms in total. The second kappa shape index (κ2) is 5.65. The van der Waals surface area contributed by atoms with E-state index in [9.17, 15) is 9.50 Å². The fourth-order valence-electron chi connectivity index (χ4n) is 1.68. The summed E-state index contributed by atoms with van der Waals surface area (Å²) < 4.78 is 19.1. The SMILES string of the molecule is CC(O)c1ccc(OCc2ccccc2)cc1F. The highest BCUT2D eigenvalue weighted by Crippen LogP contribution is 2.22. The minimum Gasteiger partial charge on any atom is -0.489 e. The number of rotatable bonds is 4. The molecule has 0 spiro atoms. The molecule has 0 radical (unpaired) electrons. The van der Waals surface area contributed by atoms with Crippen molar-refractivity contribution in [3.05, 3.63) is 65.5 Å². The standard InChI is InChI=1S/C15H15FO2/c1-11(17)14-8-7-13(9-15(14)16)18-10-12-5-3-2-4-6-12/h2-9,11,17H,10H2,1H3. The average molecular weight is 246 g/mol. The Kier molecular flexibility index (Phi) is 3.95. The predicted molar refractivity (Wildman–Crippen MR) is 67.8 cm³/mol. The first-order chi connectivity index (χ1) is 8.66. The van der Waals surface area contributed by atoms with E-state index in [1.54, 1.807) is 12.1 Å². The Hall–Kier alpha value is -1.87. The van der Waals surface area contributed by atoms with E-state index in [0.717, 1.165) is 5.56 Å². The summed E-state index contributed by atoms with van der Waals surface area (Å²) in [6.45, 7) is 1.93. The zero-order valence-electron chi connectivity index (χ0n) is 10.1. The fourth-order valence-corrected chi connectivity index (χ4v) is 1.68. The van der Waals surface area contributed by atoms with Crippen LogP contribution in [0.4, 0.5) is 4.39 Å². The Morgan fingerprint density at radius 1 is 1.17 bits per heavy atom. The van der Waals surface area contributed by atoms with Crippen LogP contribution < -0.4 is 4.74 Å². The first-order valence-electron chi connectivity index (χ1n) is 5.81. The van der Waals surface area contributed by atoms with Gasteiger partial charge in [-0.3, -0.25) is 0 Å². The lowest BCUT2D eigenvalue weighted by atomic mass is 10.1. The molecule has 1 unspecified atom stereocenters. The molecule has 0 aromatic heterocycles. The molecule has 94 valence electrons. The maximum absolute atomic E-state index is 13.6. The Labute approximate surface area is 106 Å². The van der Waals surface area contributed by atoms with Crippen LogP contribution in [0.15, 0.2) is 48.5 Å². The van der Waals surface area contributed by atoms with Crippen molar-refractivity contribution in [1.29, 1.82) is 0 Å². The van der Waals surface area contributed by atoms with Crippen molar-refractivity contribution in [2.45, 2.75) is 19.6 Å². The van der Waals surface area contributed by atoms with Gasteiger partial charge in [0.15, 0.2) is 0 Å². The van der Waals surface area contributed by atoms with Crippen molar-refractivity contribution in [3.63, 3.8) is 0 Å². The molecule has 0 saturated carbocycles. The van der Waals surface area contributed by atoms with Gasteiger partial charge in [-0.15, -0.1) is 0 Å². The summed E-state index contributed by atoms with van der Waals surface area (Å²) in [6.07, 6.45) is -0.812. The van der Waals surface area contributed by atoms with E-state index in [0.29, 0.717) is 12.4 Å². The molecular formula is C15H15FO2. The largest absolute Gasteiger partial charge is 0.489 e. The summed E-state index contributed by atoms with van der Waals surface area (Å²) in [5.74, 6) is 0.0105. The molecule has 0 fully saturated rings. The third-order valence-electron chi connectivity index (χ3n) is 2.67. The number of aliphatic hydroxyl groups excluding tert-OH is 1. The van der Waals surface area contributed by atoms with Gasteiger partial charge in [0.1, 0.15) is 18.2 Å². The summed E-state index contributed by atoms with van der Waals surface area (Å²) in [7, 11) is 0. The highest BCUT2D eigenvalue weighted by molar-refractivity contribution is 5.30. The molecule has 0 amide bonds. The monoisotopic (exact) mass is 246 g/mol. The van der Waals surface area contributed by atoms with E-state index in [1.165, 1.54) is 13.0 Å². The average Bonchev–Trinajstić information content (AvgIpc) is 2.37. The molecule has 2 aromatic rings. The van der Waals surface area contributed by atoms with Crippen LogP contribution >= 0.6 is 0 Å². The zero-order valence-corrected chi connectivity index (χ0v) is 10.1. The van der Waals surface area contributed by atoms with Crippen molar-refractivity contribution >= 4 is 0 Å². The van der Waals surface area contributed by atoms with Crippen molar-refractivity contribution in [3.8, 4) is 5.75 Å². The van der Waals surface area contributed by atoms with E-state index >= 15 is 0 Å². The van der Waals surface area contributed by atoms with Crippen molar-refractivity contribution in [2.75, 3.05) is 0 Å². The van der Waals surface area contributed by atoms with E-state index in [-0.39, 0.29) is 5.56 Å². The van der Waals surface area contributed by atoms with E-state index < -0.39 is 11.9 Å². The topological polar surface area (TPSA) is 29.5 Å². The van der Waals surface area contributed by atoms with Gasteiger partial charge in [-0.05, 0) is 24.6 Å². The highest BCUT2D eigenvalue weighted by Gasteiger charge is 2.08. The summed E-state index contributed by atoms with van der Waals surface area (Å²) >= 11 is 0. The molecule has 18 heavy (non-hydrogen) atoms. The Morgan fingerprint density at radius 3 is 2.50 bits per heavy atom.